The van der Waals surface area contributed by atoms with Crippen molar-refractivity contribution in [2.45, 2.75) is 25.2 Å². The Morgan fingerprint density at radius 3 is 2.59 bits per heavy atom. The van der Waals surface area contributed by atoms with Crippen LogP contribution in [0, 0.1) is 13.8 Å². The number of hydrogen-bond acceptors (Lipinski definition) is 5. The molecule has 176 valence electrons. The summed E-state index contributed by atoms with van der Waals surface area (Å²) in [6.07, 6.45) is 4.16. The zero-order chi connectivity index (χ0) is 24.5. The number of carbonyl (C=O) groups is 1. The maximum Gasteiger partial charge on any atom is 0.339 e. The van der Waals surface area contributed by atoms with Crippen LogP contribution in [0.5, 0.6) is 0 Å². The van der Waals surface area contributed by atoms with Crippen LogP contribution in [0.15, 0.2) is 65.7 Å². The van der Waals surface area contributed by atoms with Gasteiger partial charge in [0, 0.05) is 18.1 Å². The molecule has 1 aliphatic heterocycles. The van der Waals surface area contributed by atoms with Crippen molar-refractivity contribution in [3.8, 4) is 0 Å². The van der Waals surface area contributed by atoms with Gasteiger partial charge in [-0.05, 0) is 60.7 Å². The quantitative estimate of drug-likeness (QED) is 0.489. The average Bonchev–Trinajstić information content (AvgIpc) is 2.81. The number of carboxylic acid groups (broad SMARTS) is 1. The Morgan fingerprint density at radius 1 is 1.15 bits per heavy atom. The lowest BCUT2D eigenvalue weighted by atomic mass is 9.95. The zero-order valence-electron chi connectivity index (χ0n) is 18.7. The van der Waals surface area contributed by atoms with E-state index in [-0.39, 0.29) is 16.1 Å². The molecule has 3 aromatic rings. The van der Waals surface area contributed by atoms with Gasteiger partial charge in [0.15, 0.2) is 0 Å². The fourth-order valence-corrected chi connectivity index (χ4v) is 5.58. The lowest BCUT2D eigenvalue weighted by Crippen LogP contribution is -2.31. The second-order valence-corrected chi connectivity index (χ2v) is 10.2. The lowest BCUT2D eigenvalue weighted by molar-refractivity contribution is 0.0697. The molecular weight excluding hydrogens is 474 g/mol. The minimum atomic E-state index is -3.98. The predicted octanol–water partition coefficient (Wildman–Crippen LogP) is 5.14. The van der Waals surface area contributed by atoms with Crippen molar-refractivity contribution in [1.82, 2.24) is 4.98 Å². The maximum absolute atomic E-state index is 12.9. The number of anilines is 2. The standard InChI is InChI=1S/C25H24ClN3O4S/c1-16-6-3-4-7-20(16)18-10-12-29(13-11-18)24-21(25(30)31)14-19(15-27-24)28-34(32,33)23-9-5-8-22(26)17(23)2/h3-10,14-15,28H,11-13H2,1-2H3,(H,30,31). The summed E-state index contributed by atoms with van der Waals surface area (Å²) in [5.74, 6) is -0.884. The molecule has 0 radical (unpaired) electrons. The topological polar surface area (TPSA) is 99.6 Å². The number of hydrogen-bond donors (Lipinski definition) is 2. The van der Waals surface area contributed by atoms with Crippen molar-refractivity contribution in [2.75, 3.05) is 22.7 Å². The van der Waals surface area contributed by atoms with Gasteiger partial charge in [0.1, 0.15) is 11.4 Å². The summed E-state index contributed by atoms with van der Waals surface area (Å²) in [7, 11) is -3.98. The van der Waals surface area contributed by atoms with E-state index in [1.807, 2.05) is 17.0 Å². The number of sulfonamides is 1. The van der Waals surface area contributed by atoms with E-state index in [4.69, 9.17) is 11.6 Å². The van der Waals surface area contributed by atoms with Crippen LogP contribution >= 0.6 is 11.6 Å². The van der Waals surface area contributed by atoms with Gasteiger partial charge in [0.25, 0.3) is 10.0 Å². The van der Waals surface area contributed by atoms with Crippen LogP contribution in [0.4, 0.5) is 11.5 Å². The van der Waals surface area contributed by atoms with Crippen molar-refractivity contribution in [2.24, 2.45) is 0 Å². The molecule has 34 heavy (non-hydrogen) atoms. The molecule has 1 aliphatic rings. The largest absolute Gasteiger partial charge is 0.478 e. The number of aromatic nitrogens is 1. The van der Waals surface area contributed by atoms with Crippen LogP contribution in [0.2, 0.25) is 5.02 Å². The number of benzene rings is 2. The second-order valence-electron chi connectivity index (χ2n) is 8.11. The van der Waals surface area contributed by atoms with E-state index in [0.717, 1.165) is 6.42 Å². The summed E-state index contributed by atoms with van der Waals surface area (Å²) < 4.78 is 28.2. The number of aryl methyl sites for hydroxylation is 1. The van der Waals surface area contributed by atoms with E-state index in [1.165, 1.54) is 35.0 Å². The SMILES string of the molecule is Cc1ccccc1C1=CCN(c2ncc(NS(=O)(=O)c3cccc(Cl)c3C)cc2C(=O)O)CC1. The first-order valence-electron chi connectivity index (χ1n) is 10.7. The van der Waals surface area contributed by atoms with E-state index < -0.39 is 16.0 Å². The van der Waals surface area contributed by atoms with E-state index in [1.54, 1.807) is 19.1 Å². The van der Waals surface area contributed by atoms with E-state index in [9.17, 15) is 18.3 Å². The van der Waals surface area contributed by atoms with Gasteiger partial charge in [0.05, 0.1) is 16.8 Å². The molecule has 2 aromatic carbocycles. The molecule has 0 saturated heterocycles. The van der Waals surface area contributed by atoms with Crippen molar-refractivity contribution in [1.29, 1.82) is 0 Å². The van der Waals surface area contributed by atoms with Crippen molar-refractivity contribution in [3.63, 3.8) is 0 Å². The molecule has 9 heteroatoms. The molecular formula is C25H24ClN3O4S. The smallest absolute Gasteiger partial charge is 0.339 e. The monoisotopic (exact) mass is 497 g/mol. The molecule has 4 rings (SSSR count). The molecule has 2 heterocycles. The molecule has 0 aliphatic carbocycles. The maximum atomic E-state index is 12.9. The Kier molecular flexibility index (Phi) is 6.63. The van der Waals surface area contributed by atoms with Gasteiger partial charge < -0.3 is 10.0 Å². The fraction of sp³-hybridized carbons (Fsp3) is 0.200. The fourth-order valence-electron chi connectivity index (χ4n) is 4.05. The van der Waals surface area contributed by atoms with Gasteiger partial charge in [0.2, 0.25) is 0 Å². The Balaban J connectivity index is 1.60. The van der Waals surface area contributed by atoms with Crippen molar-refractivity contribution < 1.29 is 18.3 Å². The molecule has 0 fully saturated rings. The van der Waals surface area contributed by atoms with Crippen LogP contribution in [-0.2, 0) is 10.0 Å². The van der Waals surface area contributed by atoms with Crippen LogP contribution in [0.3, 0.4) is 0 Å². The second kappa shape index (κ2) is 9.48. The summed E-state index contributed by atoms with van der Waals surface area (Å²) in [5, 5.41) is 10.1. The first kappa shape index (κ1) is 23.8. The van der Waals surface area contributed by atoms with Gasteiger partial charge in [-0.2, -0.15) is 0 Å². The minimum Gasteiger partial charge on any atom is -0.478 e. The lowest BCUT2D eigenvalue weighted by Gasteiger charge is -2.29. The van der Waals surface area contributed by atoms with Crippen LogP contribution in [0.1, 0.15) is 33.5 Å². The van der Waals surface area contributed by atoms with Gasteiger partial charge in [-0.3, -0.25) is 4.72 Å². The van der Waals surface area contributed by atoms with Gasteiger partial charge in [-0.25, -0.2) is 18.2 Å². The zero-order valence-corrected chi connectivity index (χ0v) is 20.3. The number of halogens is 1. The van der Waals surface area contributed by atoms with Gasteiger partial charge >= 0.3 is 5.97 Å². The third-order valence-corrected chi connectivity index (χ3v) is 7.79. The van der Waals surface area contributed by atoms with Gasteiger partial charge in [-0.1, -0.05) is 48.0 Å². The molecule has 1 aromatic heterocycles. The first-order valence-corrected chi connectivity index (χ1v) is 12.5. The Labute approximate surface area is 203 Å². The normalized spacial score (nSPS) is 14.0. The summed E-state index contributed by atoms with van der Waals surface area (Å²) in [5.41, 5.74) is 3.99. The molecule has 0 atom stereocenters. The third-order valence-electron chi connectivity index (χ3n) is 5.86. The molecule has 2 N–H and O–H groups in total. The first-order chi connectivity index (χ1) is 16.2. The van der Waals surface area contributed by atoms with E-state index in [2.05, 4.69) is 34.8 Å². The van der Waals surface area contributed by atoms with Crippen LogP contribution < -0.4 is 9.62 Å². The van der Waals surface area contributed by atoms with E-state index >= 15 is 0 Å². The summed E-state index contributed by atoms with van der Waals surface area (Å²) in [6, 6.07) is 14.0. The highest BCUT2D eigenvalue weighted by Crippen LogP contribution is 2.30. The summed E-state index contributed by atoms with van der Waals surface area (Å²) in [6.45, 7) is 4.78. The van der Waals surface area contributed by atoms with Crippen LogP contribution in [-0.4, -0.2) is 37.6 Å². The van der Waals surface area contributed by atoms with Crippen molar-refractivity contribution in [3.05, 3.63) is 88.1 Å². The van der Waals surface area contributed by atoms with Crippen LogP contribution in [0.25, 0.3) is 5.57 Å². The Morgan fingerprint density at radius 2 is 1.91 bits per heavy atom. The number of pyridine rings is 1. The molecule has 0 saturated carbocycles. The third kappa shape index (κ3) is 4.78. The summed E-state index contributed by atoms with van der Waals surface area (Å²) in [4.78, 5) is 18.2. The highest BCUT2D eigenvalue weighted by Gasteiger charge is 2.24. The van der Waals surface area contributed by atoms with Gasteiger partial charge in [-0.15, -0.1) is 0 Å². The molecule has 7 nitrogen and oxygen atoms in total. The number of carboxylic acids is 1. The predicted molar refractivity (Wildman–Crippen MR) is 134 cm³/mol. The van der Waals surface area contributed by atoms with E-state index in [0.29, 0.717) is 29.5 Å². The number of rotatable bonds is 6. The average molecular weight is 498 g/mol. The number of nitrogens with zero attached hydrogens (tertiary/aromatic N) is 2. The molecule has 0 unspecified atom stereocenters. The molecule has 0 spiro atoms. The minimum absolute atomic E-state index is 0.0193. The Hall–Kier alpha value is -3.36. The number of aromatic carboxylic acids is 1. The molecule has 0 amide bonds. The summed E-state index contributed by atoms with van der Waals surface area (Å²) >= 11 is 6.06. The molecule has 0 bridgehead atoms. The van der Waals surface area contributed by atoms with Crippen molar-refractivity contribution >= 4 is 44.7 Å². The highest BCUT2D eigenvalue weighted by atomic mass is 35.5. The Bertz CT molecular complexity index is 1400. The highest BCUT2D eigenvalue weighted by molar-refractivity contribution is 7.92. The number of nitrogens with one attached hydrogen (secondary N) is 1.